The number of carbonyl (C=O) groups is 2. The first-order valence-corrected chi connectivity index (χ1v) is 10.4. The van der Waals surface area contributed by atoms with Crippen molar-refractivity contribution in [2.24, 2.45) is 13.0 Å². The molecule has 0 spiro atoms. The minimum atomic E-state index is -1.05. The largest absolute Gasteiger partial charge is 1.00 e. The molecule has 4 rings (SSSR count). The van der Waals surface area contributed by atoms with E-state index in [1.807, 2.05) is 35.0 Å². The van der Waals surface area contributed by atoms with E-state index in [9.17, 15) is 14.7 Å². The van der Waals surface area contributed by atoms with Gasteiger partial charge in [-0.25, -0.2) is 19.4 Å². The van der Waals surface area contributed by atoms with Crippen LogP contribution in [0.1, 0.15) is 31.6 Å². The SMILES string of the molecule is Cn1nnc2cc(CN(CC(=O)O)CC3CCN(c4ncc(C(=O)O)cn4)CC3)ccc21.[H-].[H-].[Na+].[Na+]. The van der Waals surface area contributed by atoms with Crippen molar-refractivity contribution in [3.63, 3.8) is 0 Å². The van der Waals surface area contributed by atoms with E-state index in [0.717, 1.165) is 42.5 Å². The molecule has 2 aromatic heterocycles. The number of piperidine rings is 1. The topological polar surface area (TPSA) is 138 Å². The number of rotatable bonds is 8. The molecule has 1 aliphatic rings. The van der Waals surface area contributed by atoms with Crippen molar-refractivity contribution in [3.8, 4) is 0 Å². The Kier molecular flexibility index (Phi) is 10.9. The molecule has 1 saturated heterocycles. The second kappa shape index (κ2) is 12.9. The number of hydrogen-bond acceptors (Lipinski definition) is 8. The van der Waals surface area contributed by atoms with E-state index in [-0.39, 0.29) is 74.1 Å². The van der Waals surface area contributed by atoms with E-state index < -0.39 is 11.9 Å². The van der Waals surface area contributed by atoms with Crippen molar-refractivity contribution < 1.29 is 81.8 Å². The van der Waals surface area contributed by atoms with Crippen LogP contribution in [0.3, 0.4) is 0 Å². The van der Waals surface area contributed by atoms with Gasteiger partial charge in [0.1, 0.15) is 5.52 Å². The number of aliphatic carboxylic acids is 1. The Morgan fingerprint density at radius 2 is 1.82 bits per heavy atom. The predicted molar refractivity (Wildman–Crippen MR) is 118 cm³/mol. The number of aromatic nitrogens is 5. The molecule has 13 heteroatoms. The van der Waals surface area contributed by atoms with Gasteiger partial charge in [-0.1, -0.05) is 11.3 Å². The number of carboxylic acid groups (broad SMARTS) is 2. The second-order valence-corrected chi connectivity index (χ2v) is 8.11. The van der Waals surface area contributed by atoms with Gasteiger partial charge in [-0.15, -0.1) is 5.10 Å². The number of anilines is 1. The monoisotopic (exact) mass is 487 g/mol. The first kappa shape index (κ1) is 28.6. The van der Waals surface area contributed by atoms with Crippen LogP contribution in [0, 0.1) is 5.92 Å². The second-order valence-electron chi connectivity index (χ2n) is 8.11. The number of benzene rings is 1. The molecule has 34 heavy (non-hydrogen) atoms. The maximum atomic E-state index is 11.4. The maximum absolute atomic E-state index is 11.4. The molecule has 0 unspecified atom stereocenters. The van der Waals surface area contributed by atoms with Crippen LogP contribution in [0.4, 0.5) is 5.95 Å². The molecule has 0 saturated carbocycles. The van der Waals surface area contributed by atoms with Gasteiger partial charge in [0.2, 0.25) is 5.95 Å². The van der Waals surface area contributed by atoms with Crippen molar-refractivity contribution >= 4 is 28.9 Å². The van der Waals surface area contributed by atoms with Crippen LogP contribution >= 0.6 is 0 Å². The Hall–Kier alpha value is -1.60. The normalized spacial score (nSPS) is 14.0. The zero-order chi connectivity index (χ0) is 22.7. The molecule has 3 heterocycles. The zero-order valence-corrected chi connectivity index (χ0v) is 23.8. The third kappa shape index (κ3) is 7.20. The standard InChI is InChI=1S/C21H25N7O4.2Na.2H/c1-26-18-3-2-15(8-17(18)24-25-26)12-27(13-19(29)30)11-14-4-6-28(7-5-14)21-22-9-16(10-23-21)20(31)32;;;;/h2-3,8-10,14H,4-7,11-13H2,1H3,(H,29,30)(H,31,32);;;;/q;2*+1;2*-1. The molecule has 0 bridgehead atoms. The van der Waals surface area contributed by atoms with E-state index in [1.54, 1.807) is 4.68 Å². The van der Waals surface area contributed by atoms with Gasteiger partial charge >= 0.3 is 71.1 Å². The number of nitrogens with zero attached hydrogens (tertiary/aromatic N) is 7. The quantitative estimate of drug-likeness (QED) is 0.299. The Labute approximate surface area is 244 Å². The summed E-state index contributed by atoms with van der Waals surface area (Å²) in [7, 11) is 1.84. The Morgan fingerprint density at radius 3 is 2.44 bits per heavy atom. The smallest absolute Gasteiger partial charge is 1.00 e. The molecular weight excluding hydrogens is 460 g/mol. The van der Waals surface area contributed by atoms with Crippen LogP contribution in [0.25, 0.3) is 11.0 Å². The Morgan fingerprint density at radius 1 is 1.15 bits per heavy atom. The van der Waals surface area contributed by atoms with Crippen LogP contribution in [0.2, 0.25) is 0 Å². The fourth-order valence-electron chi connectivity index (χ4n) is 4.09. The summed E-state index contributed by atoms with van der Waals surface area (Å²) in [6, 6.07) is 5.90. The maximum Gasteiger partial charge on any atom is 1.00 e. The van der Waals surface area contributed by atoms with Crippen molar-refractivity contribution in [1.29, 1.82) is 0 Å². The van der Waals surface area contributed by atoms with Crippen LogP contribution in [-0.2, 0) is 18.4 Å². The van der Waals surface area contributed by atoms with Gasteiger partial charge < -0.3 is 18.0 Å². The first-order valence-electron chi connectivity index (χ1n) is 10.4. The van der Waals surface area contributed by atoms with Gasteiger partial charge in [-0.05, 0) is 36.5 Å². The van der Waals surface area contributed by atoms with Crippen molar-refractivity contribution in [1.82, 2.24) is 29.9 Å². The molecule has 11 nitrogen and oxygen atoms in total. The number of aromatic carboxylic acids is 1. The average molecular weight is 487 g/mol. The summed E-state index contributed by atoms with van der Waals surface area (Å²) in [5.74, 6) is -1.03. The summed E-state index contributed by atoms with van der Waals surface area (Å²) in [5, 5.41) is 26.5. The molecule has 0 aliphatic carbocycles. The fraction of sp³-hybridized carbons (Fsp3) is 0.429. The third-order valence-corrected chi connectivity index (χ3v) is 5.74. The fourth-order valence-corrected chi connectivity index (χ4v) is 4.09. The minimum absolute atomic E-state index is 0. The molecule has 0 atom stereocenters. The summed E-state index contributed by atoms with van der Waals surface area (Å²) < 4.78 is 1.71. The third-order valence-electron chi connectivity index (χ3n) is 5.74. The zero-order valence-electron chi connectivity index (χ0n) is 21.8. The van der Waals surface area contributed by atoms with Crippen LogP contribution < -0.4 is 64.0 Å². The molecule has 172 valence electrons. The molecule has 1 fully saturated rings. The summed E-state index contributed by atoms with van der Waals surface area (Å²) in [6.07, 6.45) is 4.39. The van der Waals surface area contributed by atoms with Gasteiger partial charge in [0, 0.05) is 45.6 Å². The van der Waals surface area contributed by atoms with E-state index in [4.69, 9.17) is 5.11 Å². The van der Waals surface area contributed by atoms with Crippen LogP contribution in [0.5, 0.6) is 0 Å². The summed E-state index contributed by atoms with van der Waals surface area (Å²) in [4.78, 5) is 34.7. The molecule has 2 N–H and O–H groups in total. The summed E-state index contributed by atoms with van der Waals surface area (Å²) in [5.41, 5.74) is 2.79. The molecule has 0 radical (unpaired) electrons. The van der Waals surface area contributed by atoms with Gasteiger partial charge in [-0.3, -0.25) is 9.69 Å². The van der Waals surface area contributed by atoms with Crippen molar-refractivity contribution in [3.05, 3.63) is 41.7 Å². The van der Waals surface area contributed by atoms with Crippen molar-refractivity contribution in [2.75, 3.05) is 31.1 Å². The molecule has 0 amide bonds. The Balaban J connectivity index is 0.00000306. The molecule has 1 aromatic carbocycles. The van der Waals surface area contributed by atoms with E-state index in [1.165, 1.54) is 12.4 Å². The van der Waals surface area contributed by atoms with Gasteiger partial charge in [0.15, 0.2) is 0 Å². The van der Waals surface area contributed by atoms with Gasteiger partial charge in [-0.2, -0.15) is 0 Å². The number of fused-ring (bicyclic) bond motifs is 1. The average Bonchev–Trinajstić information content (AvgIpc) is 3.14. The minimum Gasteiger partial charge on any atom is -1.00 e. The predicted octanol–water partition coefficient (Wildman–Crippen LogP) is -4.51. The molecular formula is C21H27N7Na2O4. The van der Waals surface area contributed by atoms with Crippen LogP contribution in [-0.4, -0.2) is 78.2 Å². The molecule has 1 aliphatic heterocycles. The van der Waals surface area contributed by atoms with Crippen molar-refractivity contribution in [2.45, 2.75) is 19.4 Å². The first-order chi connectivity index (χ1) is 15.4. The van der Waals surface area contributed by atoms with Crippen LogP contribution in [0.15, 0.2) is 30.6 Å². The number of hydrogen-bond donors (Lipinski definition) is 2. The van der Waals surface area contributed by atoms with Gasteiger partial charge in [0.05, 0.1) is 17.6 Å². The molecule has 3 aromatic rings. The van der Waals surface area contributed by atoms with E-state index in [2.05, 4.69) is 20.3 Å². The van der Waals surface area contributed by atoms with Gasteiger partial charge in [0.25, 0.3) is 0 Å². The number of carboxylic acids is 2. The van der Waals surface area contributed by atoms with E-state index >= 15 is 0 Å². The van der Waals surface area contributed by atoms with E-state index in [0.29, 0.717) is 25.0 Å². The summed E-state index contributed by atoms with van der Waals surface area (Å²) in [6.45, 7) is 2.65. The number of aryl methyl sites for hydroxylation is 1. The Bertz CT molecular complexity index is 1130. The summed E-state index contributed by atoms with van der Waals surface area (Å²) >= 11 is 0.